The molecule has 1 unspecified atom stereocenters. The number of benzene rings is 1. The van der Waals surface area contributed by atoms with Gasteiger partial charge in [0.15, 0.2) is 5.82 Å². The van der Waals surface area contributed by atoms with Crippen molar-refractivity contribution in [3.05, 3.63) is 67.0 Å². The van der Waals surface area contributed by atoms with Gasteiger partial charge in [0.05, 0.1) is 36.0 Å². The predicted octanol–water partition coefficient (Wildman–Crippen LogP) is 3.11. The zero-order chi connectivity index (χ0) is 14.5. The third kappa shape index (κ3) is 3.20. The van der Waals surface area contributed by atoms with Crippen molar-refractivity contribution in [2.45, 2.75) is 13.0 Å². The summed E-state index contributed by atoms with van der Waals surface area (Å²) in [7, 11) is 0. The topological polar surface area (TPSA) is 63.6 Å². The van der Waals surface area contributed by atoms with Gasteiger partial charge in [0.25, 0.3) is 0 Å². The van der Waals surface area contributed by atoms with Crippen molar-refractivity contribution in [2.24, 2.45) is 0 Å². The van der Waals surface area contributed by atoms with E-state index in [-0.39, 0.29) is 6.04 Å². The van der Waals surface area contributed by atoms with Crippen LogP contribution >= 0.6 is 0 Å². The molecule has 5 nitrogen and oxygen atoms in total. The van der Waals surface area contributed by atoms with Crippen molar-refractivity contribution in [1.29, 1.82) is 0 Å². The molecule has 5 heteroatoms. The number of nitrogens with one attached hydrogen (secondary N) is 1. The van der Waals surface area contributed by atoms with Gasteiger partial charge in [-0.2, -0.15) is 0 Å². The summed E-state index contributed by atoms with van der Waals surface area (Å²) in [6.07, 6.45) is 8.65. The van der Waals surface area contributed by atoms with Crippen LogP contribution in [0.1, 0.15) is 18.7 Å². The molecule has 1 N–H and O–H groups in total. The van der Waals surface area contributed by atoms with Crippen molar-refractivity contribution in [1.82, 2.24) is 19.9 Å². The lowest BCUT2D eigenvalue weighted by molar-refractivity contribution is 0.825. The largest absolute Gasteiger partial charge is 0.374 e. The summed E-state index contributed by atoms with van der Waals surface area (Å²) in [5.41, 5.74) is 2.74. The zero-order valence-electron chi connectivity index (χ0n) is 11.6. The van der Waals surface area contributed by atoms with Gasteiger partial charge in [-0.1, -0.05) is 30.3 Å². The lowest BCUT2D eigenvalue weighted by Gasteiger charge is -2.13. The zero-order valence-corrected chi connectivity index (χ0v) is 11.6. The minimum absolute atomic E-state index is 0.0462. The molecule has 0 aliphatic heterocycles. The lowest BCUT2D eigenvalue weighted by Crippen LogP contribution is -2.09. The second kappa shape index (κ2) is 6.09. The Kier molecular flexibility index (Phi) is 3.82. The number of anilines is 1. The Morgan fingerprint density at radius 2 is 1.67 bits per heavy atom. The number of rotatable bonds is 4. The fourth-order valence-corrected chi connectivity index (χ4v) is 2.00. The molecule has 21 heavy (non-hydrogen) atoms. The van der Waals surface area contributed by atoms with Crippen molar-refractivity contribution in [3.63, 3.8) is 0 Å². The Balaban J connectivity index is 1.73. The standard InChI is InChI=1S/C16H15N5/c1-12(15-11-17-7-8-18-15)21-14-9-19-16(20-10-14)13-5-3-2-4-6-13/h2-12,21H,1H3. The molecule has 1 aromatic carbocycles. The molecular weight excluding hydrogens is 262 g/mol. The van der Waals surface area contributed by atoms with E-state index >= 15 is 0 Å². The van der Waals surface area contributed by atoms with Crippen LogP contribution in [0.2, 0.25) is 0 Å². The van der Waals surface area contributed by atoms with Crippen molar-refractivity contribution >= 4 is 5.69 Å². The summed E-state index contributed by atoms with van der Waals surface area (Å²) in [5.74, 6) is 0.716. The molecule has 2 aromatic heterocycles. The summed E-state index contributed by atoms with van der Waals surface area (Å²) in [4.78, 5) is 17.1. The van der Waals surface area contributed by atoms with E-state index < -0.39 is 0 Å². The minimum atomic E-state index is 0.0462. The molecule has 2 heterocycles. The monoisotopic (exact) mass is 277 g/mol. The van der Waals surface area contributed by atoms with Crippen LogP contribution in [-0.2, 0) is 0 Å². The number of hydrogen-bond donors (Lipinski definition) is 1. The van der Waals surface area contributed by atoms with Gasteiger partial charge in [-0.3, -0.25) is 9.97 Å². The fourth-order valence-electron chi connectivity index (χ4n) is 2.00. The molecule has 0 saturated carbocycles. The van der Waals surface area contributed by atoms with E-state index in [0.29, 0.717) is 5.82 Å². The molecular formula is C16H15N5. The van der Waals surface area contributed by atoms with E-state index in [9.17, 15) is 0 Å². The van der Waals surface area contributed by atoms with Crippen LogP contribution in [0, 0.1) is 0 Å². The van der Waals surface area contributed by atoms with Gasteiger partial charge in [-0.25, -0.2) is 9.97 Å². The Morgan fingerprint density at radius 1 is 0.905 bits per heavy atom. The Hall–Kier alpha value is -2.82. The highest BCUT2D eigenvalue weighted by Gasteiger charge is 2.07. The van der Waals surface area contributed by atoms with Crippen LogP contribution < -0.4 is 5.32 Å². The molecule has 3 aromatic rings. The number of nitrogens with zero attached hydrogens (tertiary/aromatic N) is 4. The van der Waals surface area contributed by atoms with Crippen LogP contribution in [0.4, 0.5) is 5.69 Å². The first-order valence-corrected chi connectivity index (χ1v) is 6.73. The molecule has 0 bridgehead atoms. The molecule has 0 aliphatic carbocycles. The van der Waals surface area contributed by atoms with Gasteiger partial charge >= 0.3 is 0 Å². The first-order valence-electron chi connectivity index (χ1n) is 6.73. The fraction of sp³-hybridized carbons (Fsp3) is 0.125. The van der Waals surface area contributed by atoms with Crippen molar-refractivity contribution < 1.29 is 0 Å². The number of hydrogen-bond acceptors (Lipinski definition) is 5. The van der Waals surface area contributed by atoms with E-state index in [1.165, 1.54) is 0 Å². The van der Waals surface area contributed by atoms with Gasteiger partial charge in [0.1, 0.15) is 0 Å². The highest BCUT2D eigenvalue weighted by atomic mass is 15.0. The maximum absolute atomic E-state index is 4.39. The average Bonchev–Trinajstić information content (AvgIpc) is 2.57. The quantitative estimate of drug-likeness (QED) is 0.794. The molecule has 0 aliphatic rings. The normalized spacial score (nSPS) is 11.9. The predicted molar refractivity (Wildman–Crippen MR) is 81.5 cm³/mol. The second-order valence-electron chi connectivity index (χ2n) is 4.66. The maximum Gasteiger partial charge on any atom is 0.159 e. The first kappa shape index (κ1) is 13.2. The van der Waals surface area contributed by atoms with E-state index in [0.717, 1.165) is 16.9 Å². The lowest BCUT2D eigenvalue weighted by atomic mass is 10.2. The highest BCUT2D eigenvalue weighted by Crippen LogP contribution is 2.18. The van der Waals surface area contributed by atoms with Gasteiger partial charge < -0.3 is 5.32 Å². The molecule has 3 rings (SSSR count). The molecule has 104 valence electrons. The van der Waals surface area contributed by atoms with Crippen LogP contribution in [0.25, 0.3) is 11.4 Å². The molecule has 0 radical (unpaired) electrons. The molecule has 0 spiro atoms. The van der Waals surface area contributed by atoms with Crippen molar-refractivity contribution in [3.8, 4) is 11.4 Å². The summed E-state index contributed by atoms with van der Waals surface area (Å²) < 4.78 is 0. The van der Waals surface area contributed by atoms with Crippen LogP contribution in [-0.4, -0.2) is 19.9 Å². The summed E-state index contributed by atoms with van der Waals surface area (Å²) in [6, 6.07) is 9.95. The highest BCUT2D eigenvalue weighted by molar-refractivity contribution is 5.55. The second-order valence-corrected chi connectivity index (χ2v) is 4.66. The molecule has 1 atom stereocenters. The van der Waals surface area contributed by atoms with Crippen LogP contribution in [0.15, 0.2) is 61.3 Å². The van der Waals surface area contributed by atoms with Crippen molar-refractivity contribution in [2.75, 3.05) is 5.32 Å². The Bertz CT molecular complexity index is 683. The summed E-state index contributed by atoms with van der Waals surface area (Å²) in [6.45, 7) is 2.02. The smallest absolute Gasteiger partial charge is 0.159 e. The van der Waals surface area contributed by atoms with Gasteiger partial charge in [0, 0.05) is 18.0 Å². The number of aromatic nitrogens is 4. The van der Waals surface area contributed by atoms with Gasteiger partial charge in [0.2, 0.25) is 0 Å². The maximum atomic E-state index is 4.39. The van der Waals surface area contributed by atoms with Crippen LogP contribution in [0.5, 0.6) is 0 Å². The Morgan fingerprint density at radius 3 is 2.33 bits per heavy atom. The summed E-state index contributed by atoms with van der Waals surface area (Å²) in [5, 5.41) is 3.31. The van der Waals surface area contributed by atoms with Gasteiger partial charge in [-0.15, -0.1) is 0 Å². The average molecular weight is 277 g/mol. The van der Waals surface area contributed by atoms with E-state index in [1.54, 1.807) is 31.0 Å². The Labute approximate surface area is 123 Å². The van der Waals surface area contributed by atoms with Crippen LogP contribution in [0.3, 0.4) is 0 Å². The SMILES string of the molecule is CC(Nc1cnc(-c2ccccc2)nc1)c1cnccn1. The molecule has 0 fully saturated rings. The molecule has 0 amide bonds. The summed E-state index contributed by atoms with van der Waals surface area (Å²) >= 11 is 0. The minimum Gasteiger partial charge on any atom is -0.374 e. The first-order chi connectivity index (χ1) is 10.3. The molecule has 0 saturated heterocycles. The third-order valence-corrected chi connectivity index (χ3v) is 3.09. The van der Waals surface area contributed by atoms with E-state index in [4.69, 9.17) is 0 Å². The van der Waals surface area contributed by atoms with Gasteiger partial charge in [-0.05, 0) is 6.92 Å². The van der Waals surface area contributed by atoms with E-state index in [2.05, 4.69) is 25.3 Å². The third-order valence-electron chi connectivity index (χ3n) is 3.09. The van der Waals surface area contributed by atoms with E-state index in [1.807, 2.05) is 37.3 Å².